The number of alkyl halides is 2. The quantitative estimate of drug-likeness (QED) is 0.299. The van der Waals surface area contributed by atoms with E-state index >= 15 is 0 Å². The lowest BCUT2D eigenvalue weighted by molar-refractivity contribution is -0.134. The van der Waals surface area contributed by atoms with Crippen molar-refractivity contribution in [3.63, 3.8) is 0 Å². The molecule has 1 aliphatic rings. The lowest BCUT2D eigenvalue weighted by atomic mass is 9.75. The van der Waals surface area contributed by atoms with E-state index in [9.17, 15) is 23.2 Å². The van der Waals surface area contributed by atoms with Gasteiger partial charge >= 0.3 is 12.6 Å². The number of benzene rings is 2. The van der Waals surface area contributed by atoms with E-state index in [1.807, 2.05) is 6.07 Å². The molecule has 1 fully saturated rings. The van der Waals surface area contributed by atoms with Crippen LogP contribution in [0.4, 0.5) is 8.78 Å². The number of ether oxygens (including phenoxy) is 2. The summed E-state index contributed by atoms with van der Waals surface area (Å²) >= 11 is 0. The van der Waals surface area contributed by atoms with Gasteiger partial charge in [0.15, 0.2) is 0 Å². The summed E-state index contributed by atoms with van der Waals surface area (Å²) in [6.45, 7) is -2.96. The van der Waals surface area contributed by atoms with Crippen LogP contribution in [-0.4, -0.2) is 31.3 Å². The highest BCUT2D eigenvalue weighted by Gasteiger charge is 2.27. The number of halogens is 2. The van der Waals surface area contributed by atoms with Crippen molar-refractivity contribution in [1.82, 2.24) is 0 Å². The molecule has 0 N–H and O–H groups in total. The molecule has 2 aromatic rings. The molecular formula is C22H18F2O5. The van der Waals surface area contributed by atoms with Crippen LogP contribution in [0.1, 0.15) is 45.0 Å². The molecule has 0 aliphatic heterocycles. The summed E-state index contributed by atoms with van der Waals surface area (Å²) in [5.41, 5.74) is 2.23. The monoisotopic (exact) mass is 400 g/mol. The topological polar surface area (TPSA) is 69.7 Å². The molecule has 0 unspecified atom stereocenters. The maximum atomic E-state index is 12.6. The third-order valence-electron chi connectivity index (χ3n) is 4.71. The zero-order valence-corrected chi connectivity index (χ0v) is 15.6. The molecule has 7 heteroatoms. The third-order valence-corrected chi connectivity index (χ3v) is 4.71. The van der Waals surface area contributed by atoms with Crippen LogP contribution in [0.25, 0.3) is 0 Å². The normalized spacial score (nSPS) is 15.4. The molecule has 150 valence electrons. The minimum absolute atomic E-state index is 0.0909. The second kappa shape index (κ2) is 8.77. The average Bonchev–Trinajstić information content (AvgIpc) is 2.69. The molecule has 2 aromatic carbocycles. The predicted molar refractivity (Wildman–Crippen MR) is 100 cm³/mol. The summed E-state index contributed by atoms with van der Waals surface area (Å²) in [6.07, 6.45) is 2.84. The van der Waals surface area contributed by atoms with Gasteiger partial charge in [-0.15, -0.1) is 0 Å². The summed E-state index contributed by atoms with van der Waals surface area (Å²) in [5.74, 6) is -1.73. The van der Waals surface area contributed by atoms with E-state index in [0.29, 0.717) is 12.8 Å². The van der Waals surface area contributed by atoms with E-state index in [-0.39, 0.29) is 22.8 Å². The molecule has 1 aliphatic carbocycles. The molecule has 1 saturated carbocycles. The van der Waals surface area contributed by atoms with Crippen molar-refractivity contribution in [3.05, 3.63) is 76.9 Å². The Bertz CT molecular complexity index is 955. The Labute approximate surface area is 165 Å². The lowest BCUT2D eigenvalue weighted by Gasteiger charge is -2.29. The molecule has 0 atom stereocenters. The Balaban J connectivity index is 1.69. The van der Waals surface area contributed by atoms with Crippen molar-refractivity contribution in [1.29, 1.82) is 0 Å². The number of rotatable bonds is 7. The van der Waals surface area contributed by atoms with Crippen molar-refractivity contribution in [2.45, 2.75) is 25.4 Å². The summed E-state index contributed by atoms with van der Waals surface area (Å²) in [4.78, 5) is 36.3. The molecule has 0 spiro atoms. The van der Waals surface area contributed by atoms with Crippen LogP contribution < -0.4 is 4.74 Å². The van der Waals surface area contributed by atoms with Gasteiger partial charge in [0.25, 0.3) is 0 Å². The smallest absolute Gasteiger partial charge is 0.387 e. The van der Waals surface area contributed by atoms with Crippen LogP contribution in [-0.2, 0) is 9.53 Å². The maximum Gasteiger partial charge on any atom is 0.387 e. The molecule has 0 saturated heterocycles. The van der Waals surface area contributed by atoms with E-state index in [0.717, 1.165) is 11.1 Å². The van der Waals surface area contributed by atoms with Crippen LogP contribution in [0.2, 0.25) is 0 Å². The molecule has 29 heavy (non-hydrogen) atoms. The van der Waals surface area contributed by atoms with Gasteiger partial charge in [0.2, 0.25) is 11.6 Å². The van der Waals surface area contributed by atoms with Crippen LogP contribution in [0.5, 0.6) is 5.75 Å². The summed E-state index contributed by atoms with van der Waals surface area (Å²) in [7, 11) is 1.32. The number of carbonyl (C=O) groups is 3. The van der Waals surface area contributed by atoms with E-state index in [1.165, 1.54) is 37.5 Å². The maximum absolute atomic E-state index is 12.6. The zero-order chi connectivity index (χ0) is 21.0. The average molecular weight is 400 g/mol. The second-order valence-corrected chi connectivity index (χ2v) is 6.62. The zero-order valence-electron chi connectivity index (χ0n) is 15.6. The van der Waals surface area contributed by atoms with Crippen molar-refractivity contribution in [3.8, 4) is 5.75 Å². The number of allylic oxidation sites excluding steroid dienone is 1. The first kappa shape index (κ1) is 20.4. The van der Waals surface area contributed by atoms with Gasteiger partial charge in [-0.05, 0) is 54.7 Å². The summed E-state index contributed by atoms with van der Waals surface area (Å²) in [5, 5.41) is 0. The standard InChI is InChI=1S/C22H18F2O5/c1-28-19(25)11-13-9-17(10-13)15-3-2-4-16(12-15)21(27)20(26)14-5-7-18(8-6-14)29-22(23)24/h2-8,11-12,17,22H,9-10H2,1H3. The van der Waals surface area contributed by atoms with E-state index < -0.39 is 24.1 Å². The van der Waals surface area contributed by atoms with Gasteiger partial charge in [-0.1, -0.05) is 23.8 Å². The molecule has 0 radical (unpaired) electrons. The third kappa shape index (κ3) is 4.93. The van der Waals surface area contributed by atoms with E-state index in [4.69, 9.17) is 0 Å². The fraction of sp³-hybridized carbons (Fsp3) is 0.227. The lowest BCUT2D eigenvalue weighted by Crippen LogP contribution is -2.17. The van der Waals surface area contributed by atoms with Crippen molar-refractivity contribution < 1.29 is 32.6 Å². The Morgan fingerprint density at radius 3 is 2.28 bits per heavy atom. The summed E-state index contributed by atoms with van der Waals surface area (Å²) in [6, 6.07) is 11.8. The minimum Gasteiger partial charge on any atom is -0.466 e. The Morgan fingerprint density at radius 2 is 1.66 bits per heavy atom. The number of hydrogen-bond donors (Lipinski definition) is 0. The molecule has 5 nitrogen and oxygen atoms in total. The van der Waals surface area contributed by atoms with Gasteiger partial charge in [0.1, 0.15) is 5.75 Å². The van der Waals surface area contributed by atoms with Crippen molar-refractivity contribution in [2.75, 3.05) is 7.11 Å². The Kier molecular flexibility index (Phi) is 6.16. The van der Waals surface area contributed by atoms with Crippen molar-refractivity contribution >= 4 is 17.5 Å². The van der Waals surface area contributed by atoms with Crippen LogP contribution in [0, 0.1) is 0 Å². The van der Waals surface area contributed by atoms with Gasteiger partial charge in [-0.2, -0.15) is 8.78 Å². The number of ketones is 2. The van der Waals surface area contributed by atoms with Gasteiger partial charge in [0.05, 0.1) is 7.11 Å². The predicted octanol–water partition coefficient (Wildman–Crippen LogP) is 4.33. The molecule has 0 heterocycles. The number of hydrogen-bond acceptors (Lipinski definition) is 5. The first-order valence-corrected chi connectivity index (χ1v) is 8.88. The number of carbonyl (C=O) groups excluding carboxylic acids is 3. The highest BCUT2D eigenvalue weighted by Crippen LogP contribution is 2.41. The SMILES string of the molecule is COC(=O)C=C1CC(c2cccc(C(=O)C(=O)c3ccc(OC(F)F)cc3)c2)C1. The minimum atomic E-state index is -2.96. The van der Waals surface area contributed by atoms with Gasteiger partial charge < -0.3 is 9.47 Å². The first-order chi connectivity index (χ1) is 13.9. The van der Waals surface area contributed by atoms with Crippen LogP contribution in [0.3, 0.4) is 0 Å². The number of methoxy groups -OCH3 is 1. The number of Topliss-reactive ketones (excluding diaryl/α,β-unsaturated/α-hetero) is 2. The van der Waals surface area contributed by atoms with Crippen LogP contribution >= 0.6 is 0 Å². The van der Waals surface area contributed by atoms with Crippen molar-refractivity contribution in [2.24, 2.45) is 0 Å². The first-order valence-electron chi connectivity index (χ1n) is 8.88. The largest absolute Gasteiger partial charge is 0.466 e. The van der Waals surface area contributed by atoms with Gasteiger partial charge in [-0.25, -0.2) is 4.79 Å². The Morgan fingerprint density at radius 1 is 1.00 bits per heavy atom. The molecule has 0 amide bonds. The molecule has 3 rings (SSSR count). The van der Waals surface area contributed by atoms with Gasteiger partial charge in [-0.3, -0.25) is 9.59 Å². The fourth-order valence-electron chi connectivity index (χ4n) is 3.14. The van der Waals surface area contributed by atoms with Gasteiger partial charge in [0, 0.05) is 17.2 Å². The van der Waals surface area contributed by atoms with E-state index in [2.05, 4.69) is 9.47 Å². The molecular weight excluding hydrogens is 382 g/mol. The van der Waals surface area contributed by atoms with E-state index in [1.54, 1.807) is 18.2 Å². The summed E-state index contributed by atoms with van der Waals surface area (Å²) < 4.78 is 33.2. The highest BCUT2D eigenvalue weighted by atomic mass is 19.3. The highest BCUT2D eigenvalue weighted by molar-refractivity contribution is 6.49. The van der Waals surface area contributed by atoms with Crippen LogP contribution in [0.15, 0.2) is 60.2 Å². The molecule has 0 aromatic heterocycles. The molecule has 0 bridgehead atoms. The fourth-order valence-corrected chi connectivity index (χ4v) is 3.14. The Hall–Kier alpha value is -3.35. The number of esters is 1. The second-order valence-electron chi connectivity index (χ2n) is 6.62.